The zero-order valence-electron chi connectivity index (χ0n) is 11.1. The predicted octanol–water partition coefficient (Wildman–Crippen LogP) is 2.28. The Morgan fingerprint density at radius 3 is 2.48 bits per heavy atom. The first-order valence-corrected chi connectivity index (χ1v) is 6.48. The minimum absolute atomic E-state index is 0.0549. The van der Waals surface area contributed by atoms with Crippen LogP contribution in [0, 0.1) is 0 Å². The highest BCUT2D eigenvalue weighted by atomic mass is 35.5. The number of amides is 1. The van der Waals surface area contributed by atoms with Crippen molar-refractivity contribution in [3.8, 4) is 0 Å². The lowest BCUT2D eigenvalue weighted by Crippen LogP contribution is -2.27. The average Bonchev–Trinajstić information content (AvgIpc) is 2.35. The predicted molar refractivity (Wildman–Crippen MR) is 70.7 cm³/mol. The van der Waals surface area contributed by atoms with Crippen LogP contribution in [-0.2, 0) is 11.0 Å². The van der Waals surface area contributed by atoms with Crippen LogP contribution in [-0.4, -0.2) is 28.8 Å². The first-order valence-electron chi connectivity index (χ1n) is 6.10. The summed E-state index contributed by atoms with van der Waals surface area (Å²) in [7, 11) is 0. The number of nitrogens with one attached hydrogen (secondary N) is 1. The van der Waals surface area contributed by atoms with E-state index in [1.165, 1.54) is 6.92 Å². The minimum Gasteiger partial charge on any atom is -0.390 e. The molecule has 4 nitrogen and oxygen atoms in total. The van der Waals surface area contributed by atoms with E-state index in [0.29, 0.717) is 0 Å². The number of aliphatic hydroxyl groups excluding tert-OH is 2. The summed E-state index contributed by atoms with van der Waals surface area (Å²) in [6, 6.07) is 2.78. The van der Waals surface area contributed by atoms with Crippen molar-refractivity contribution in [2.45, 2.75) is 31.7 Å². The molecule has 118 valence electrons. The average molecular weight is 326 g/mol. The lowest BCUT2D eigenvalue weighted by atomic mass is 10.0. The van der Waals surface area contributed by atoms with Gasteiger partial charge in [-0.15, -0.1) is 0 Å². The number of alkyl halides is 3. The molecule has 0 aromatic heterocycles. The lowest BCUT2D eigenvalue weighted by Gasteiger charge is -2.19. The molecule has 0 saturated heterocycles. The topological polar surface area (TPSA) is 69.6 Å². The zero-order chi connectivity index (χ0) is 16.2. The second kappa shape index (κ2) is 7.11. The smallest absolute Gasteiger partial charge is 0.390 e. The van der Waals surface area contributed by atoms with Gasteiger partial charge in [0.2, 0.25) is 5.91 Å². The Hall–Kier alpha value is -1.31. The van der Waals surface area contributed by atoms with Crippen molar-refractivity contribution in [2.75, 3.05) is 6.54 Å². The molecule has 0 aliphatic carbocycles. The summed E-state index contributed by atoms with van der Waals surface area (Å²) >= 11 is 5.54. The molecule has 0 aliphatic rings. The van der Waals surface area contributed by atoms with Crippen molar-refractivity contribution in [3.05, 3.63) is 34.3 Å². The molecule has 0 bridgehead atoms. The monoisotopic (exact) mass is 325 g/mol. The largest absolute Gasteiger partial charge is 0.417 e. The van der Waals surface area contributed by atoms with E-state index in [2.05, 4.69) is 5.32 Å². The number of aliphatic hydroxyl groups is 2. The van der Waals surface area contributed by atoms with Gasteiger partial charge in [-0.3, -0.25) is 4.79 Å². The fourth-order valence-electron chi connectivity index (χ4n) is 1.72. The number of carbonyl (C=O) groups is 1. The highest BCUT2D eigenvalue weighted by Gasteiger charge is 2.33. The maximum absolute atomic E-state index is 12.5. The molecule has 1 amide bonds. The molecule has 1 rings (SSSR count). The van der Waals surface area contributed by atoms with Crippen LogP contribution in [0.1, 0.15) is 30.6 Å². The minimum atomic E-state index is -4.58. The molecule has 0 saturated carbocycles. The van der Waals surface area contributed by atoms with Crippen LogP contribution in [0.4, 0.5) is 13.2 Å². The van der Waals surface area contributed by atoms with Gasteiger partial charge in [0.15, 0.2) is 0 Å². The molecule has 1 aromatic carbocycles. The quantitative estimate of drug-likeness (QED) is 0.778. The van der Waals surface area contributed by atoms with Gasteiger partial charge in [0, 0.05) is 13.5 Å². The molecule has 1 aromatic rings. The number of hydrogen-bond donors (Lipinski definition) is 3. The third-order valence-electron chi connectivity index (χ3n) is 2.82. The van der Waals surface area contributed by atoms with E-state index in [1.54, 1.807) is 0 Å². The van der Waals surface area contributed by atoms with E-state index in [1.807, 2.05) is 0 Å². The molecule has 0 fully saturated rings. The van der Waals surface area contributed by atoms with Crippen LogP contribution in [0.15, 0.2) is 18.2 Å². The Labute approximate surface area is 124 Å². The molecule has 0 aliphatic heterocycles. The maximum Gasteiger partial charge on any atom is 0.417 e. The highest BCUT2D eigenvalue weighted by Crippen LogP contribution is 2.36. The summed E-state index contributed by atoms with van der Waals surface area (Å²) in [6.45, 7) is 1.44. The van der Waals surface area contributed by atoms with Gasteiger partial charge >= 0.3 is 6.18 Å². The first kappa shape index (κ1) is 17.7. The van der Waals surface area contributed by atoms with Gasteiger partial charge in [-0.05, 0) is 24.1 Å². The molecule has 2 unspecified atom stereocenters. The van der Waals surface area contributed by atoms with Crippen LogP contribution in [0.3, 0.4) is 0 Å². The Balaban J connectivity index is 2.76. The Bertz CT molecular complexity index is 508. The van der Waals surface area contributed by atoms with Crippen molar-refractivity contribution in [3.63, 3.8) is 0 Å². The molecule has 8 heteroatoms. The molecular formula is C13H15ClF3NO3. The third-order valence-corrected chi connectivity index (χ3v) is 3.13. The van der Waals surface area contributed by atoms with Crippen molar-refractivity contribution < 1.29 is 28.2 Å². The molecule has 0 heterocycles. The fraction of sp³-hybridized carbons (Fsp3) is 0.462. The van der Waals surface area contributed by atoms with E-state index in [0.717, 1.165) is 18.2 Å². The number of rotatable bonds is 5. The van der Waals surface area contributed by atoms with Crippen LogP contribution < -0.4 is 5.32 Å². The Kier molecular flexibility index (Phi) is 6.00. The third kappa shape index (κ3) is 5.18. The SMILES string of the molecule is CC(=O)NCCC(O)C(O)c1ccc(C(F)(F)F)c(Cl)c1. The van der Waals surface area contributed by atoms with Crippen LogP contribution in [0.5, 0.6) is 0 Å². The number of carbonyl (C=O) groups excluding carboxylic acids is 1. The van der Waals surface area contributed by atoms with Gasteiger partial charge in [0.05, 0.1) is 16.7 Å². The molecule has 2 atom stereocenters. The Morgan fingerprint density at radius 1 is 1.38 bits per heavy atom. The maximum atomic E-state index is 12.5. The summed E-state index contributed by atoms with van der Waals surface area (Å²) in [4.78, 5) is 10.7. The molecule has 21 heavy (non-hydrogen) atoms. The molecular weight excluding hydrogens is 311 g/mol. The van der Waals surface area contributed by atoms with Gasteiger partial charge in [-0.2, -0.15) is 13.2 Å². The van der Waals surface area contributed by atoms with Crippen LogP contribution in [0.2, 0.25) is 5.02 Å². The summed E-state index contributed by atoms with van der Waals surface area (Å²) in [6.07, 6.45) is -7.15. The molecule has 3 N–H and O–H groups in total. The van der Waals surface area contributed by atoms with E-state index in [4.69, 9.17) is 11.6 Å². The van der Waals surface area contributed by atoms with Crippen LogP contribution in [0.25, 0.3) is 0 Å². The second-order valence-corrected chi connectivity index (χ2v) is 4.93. The van der Waals surface area contributed by atoms with E-state index >= 15 is 0 Å². The summed E-state index contributed by atoms with van der Waals surface area (Å²) in [5, 5.41) is 21.5. The van der Waals surface area contributed by atoms with Crippen molar-refractivity contribution in [1.82, 2.24) is 5.32 Å². The summed E-state index contributed by atoms with van der Waals surface area (Å²) in [5.74, 6) is -0.283. The first-order chi connectivity index (χ1) is 9.62. The van der Waals surface area contributed by atoms with Gasteiger partial charge in [-0.25, -0.2) is 0 Å². The van der Waals surface area contributed by atoms with Gasteiger partial charge in [-0.1, -0.05) is 17.7 Å². The highest BCUT2D eigenvalue weighted by molar-refractivity contribution is 6.31. The van der Waals surface area contributed by atoms with E-state index in [-0.39, 0.29) is 24.4 Å². The van der Waals surface area contributed by atoms with E-state index < -0.39 is 29.0 Å². The zero-order valence-corrected chi connectivity index (χ0v) is 11.9. The standard InChI is InChI=1S/C13H15ClF3NO3/c1-7(19)18-5-4-11(20)12(21)8-2-3-9(10(14)6-8)13(15,16)17/h2-3,6,11-12,20-21H,4-5H2,1H3,(H,18,19). The number of halogens is 4. The summed E-state index contributed by atoms with van der Waals surface area (Å²) in [5.41, 5.74) is -0.934. The normalized spacial score (nSPS) is 14.6. The van der Waals surface area contributed by atoms with Crippen molar-refractivity contribution >= 4 is 17.5 Å². The van der Waals surface area contributed by atoms with Gasteiger partial charge in [0.25, 0.3) is 0 Å². The summed E-state index contributed by atoms with van der Waals surface area (Å²) < 4.78 is 37.6. The number of hydrogen-bond acceptors (Lipinski definition) is 3. The second-order valence-electron chi connectivity index (χ2n) is 4.52. The van der Waals surface area contributed by atoms with Gasteiger partial charge in [0.1, 0.15) is 6.10 Å². The number of benzene rings is 1. The van der Waals surface area contributed by atoms with Crippen molar-refractivity contribution in [1.29, 1.82) is 0 Å². The molecule has 0 spiro atoms. The van der Waals surface area contributed by atoms with Gasteiger partial charge < -0.3 is 15.5 Å². The van der Waals surface area contributed by atoms with Crippen molar-refractivity contribution in [2.24, 2.45) is 0 Å². The lowest BCUT2D eigenvalue weighted by molar-refractivity contribution is -0.137. The molecule has 0 radical (unpaired) electrons. The Morgan fingerprint density at radius 2 is 2.00 bits per heavy atom. The van der Waals surface area contributed by atoms with Crippen LogP contribution >= 0.6 is 11.6 Å². The fourth-order valence-corrected chi connectivity index (χ4v) is 2.02. The van der Waals surface area contributed by atoms with E-state index in [9.17, 15) is 28.2 Å².